The predicted octanol–water partition coefficient (Wildman–Crippen LogP) is 2.44. The number of amides is 1. The number of nitrogens with zero attached hydrogens (tertiary/aromatic N) is 1. The number of carbonyl (C=O) groups is 1. The number of thiophene rings is 1. The van der Waals surface area contributed by atoms with Gasteiger partial charge in [-0.15, -0.1) is 11.3 Å². The second kappa shape index (κ2) is 4.45. The lowest BCUT2D eigenvalue weighted by molar-refractivity contribution is 0.0793. The van der Waals surface area contributed by atoms with E-state index in [1.54, 1.807) is 11.3 Å². The van der Waals surface area contributed by atoms with Crippen molar-refractivity contribution in [3.8, 4) is 0 Å². The van der Waals surface area contributed by atoms with E-state index in [0.29, 0.717) is 5.00 Å². The molecule has 1 aromatic heterocycles. The summed E-state index contributed by atoms with van der Waals surface area (Å²) < 4.78 is 0. The van der Waals surface area contributed by atoms with Gasteiger partial charge < -0.3 is 10.6 Å². The van der Waals surface area contributed by atoms with E-state index < -0.39 is 0 Å². The van der Waals surface area contributed by atoms with Crippen LogP contribution in [0.2, 0.25) is 0 Å². The van der Waals surface area contributed by atoms with Crippen LogP contribution < -0.4 is 5.73 Å². The fourth-order valence-electron chi connectivity index (χ4n) is 2.27. The zero-order valence-electron chi connectivity index (χ0n) is 9.88. The molecule has 2 N–H and O–H groups in total. The lowest BCUT2D eigenvalue weighted by Gasteiger charge is -2.15. The molecule has 0 atom stereocenters. The second-order valence-corrected chi connectivity index (χ2v) is 5.38. The third kappa shape index (κ3) is 1.82. The second-order valence-electron chi connectivity index (χ2n) is 4.24. The van der Waals surface area contributed by atoms with Crippen LogP contribution in [0.4, 0.5) is 5.00 Å². The summed E-state index contributed by atoms with van der Waals surface area (Å²) >= 11 is 1.56. The van der Waals surface area contributed by atoms with E-state index in [4.69, 9.17) is 5.73 Å². The first-order valence-corrected chi connectivity index (χ1v) is 6.63. The number of rotatable bonds is 2. The minimum Gasteiger partial charge on any atom is -0.390 e. The van der Waals surface area contributed by atoms with Gasteiger partial charge in [0.25, 0.3) is 5.91 Å². The lowest BCUT2D eigenvalue weighted by Crippen LogP contribution is -2.28. The minimum absolute atomic E-state index is 0.128. The third-order valence-corrected chi connectivity index (χ3v) is 4.47. The molecule has 1 aromatic rings. The van der Waals surface area contributed by atoms with Crippen LogP contribution in [0.3, 0.4) is 0 Å². The van der Waals surface area contributed by atoms with Crippen LogP contribution >= 0.6 is 11.3 Å². The van der Waals surface area contributed by atoms with Crippen molar-refractivity contribution in [2.45, 2.75) is 33.1 Å². The number of nitrogen functional groups attached to an aromatic ring is 1. The number of hydrogen-bond donors (Lipinski definition) is 1. The summed E-state index contributed by atoms with van der Waals surface area (Å²) in [4.78, 5) is 15.4. The fraction of sp³-hybridized carbons (Fsp3) is 0.583. The van der Waals surface area contributed by atoms with E-state index in [9.17, 15) is 4.79 Å². The monoisotopic (exact) mass is 238 g/mol. The lowest BCUT2D eigenvalue weighted by atomic mass is 10.1. The Balaban J connectivity index is 2.32. The molecular weight excluding hydrogens is 220 g/mol. The van der Waals surface area contributed by atoms with Crippen LogP contribution in [0, 0.1) is 6.92 Å². The Labute approximate surface area is 100 Å². The topological polar surface area (TPSA) is 46.3 Å². The van der Waals surface area contributed by atoms with Crippen molar-refractivity contribution in [2.75, 3.05) is 18.8 Å². The average molecular weight is 238 g/mol. The molecule has 3 nitrogen and oxygen atoms in total. The summed E-state index contributed by atoms with van der Waals surface area (Å²) in [6, 6.07) is 0. The number of hydrogen-bond acceptors (Lipinski definition) is 3. The maximum Gasteiger partial charge on any atom is 0.257 e. The fourth-order valence-corrected chi connectivity index (χ4v) is 3.27. The molecule has 1 saturated heterocycles. The molecule has 1 aliphatic heterocycles. The van der Waals surface area contributed by atoms with Crippen molar-refractivity contribution in [3.63, 3.8) is 0 Å². The molecular formula is C12H18N2OS. The van der Waals surface area contributed by atoms with Crippen LogP contribution in [-0.4, -0.2) is 23.9 Å². The van der Waals surface area contributed by atoms with E-state index in [1.165, 1.54) is 4.88 Å². The van der Waals surface area contributed by atoms with Gasteiger partial charge >= 0.3 is 0 Å². The van der Waals surface area contributed by atoms with Crippen LogP contribution in [0.5, 0.6) is 0 Å². The molecule has 2 rings (SSSR count). The van der Waals surface area contributed by atoms with Crippen LogP contribution in [0.25, 0.3) is 0 Å². The summed E-state index contributed by atoms with van der Waals surface area (Å²) in [6.45, 7) is 5.88. The number of aryl methyl sites for hydroxylation is 1. The zero-order valence-corrected chi connectivity index (χ0v) is 10.7. The van der Waals surface area contributed by atoms with Crippen molar-refractivity contribution in [1.29, 1.82) is 0 Å². The van der Waals surface area contributed by atoms with E-state index in [-0.39, 0.29) is 5.91 Å². The summed E-state index contributed by atoms with van der Waals surface area (Å²) in [5.41, 5.74) is 7.80. The molecule has 0 aliphatic carbocycles. The summed E-state index contributed by atoms with van der Waals surface area (Å²) in [5, 5.41) is 0.686. The molecule has 0 spiro atoms. The molecule has 1 aliphatic rings. The molecule has 0 bridgehead atoms. The van der Waals surface area contributed by atoms with Gasteiger partial charge in [0, 0.05) is 18.0 Å². The molecule has 0 unspecified atom stereocenters. The van der Waals surface area contributed by atoms with E-state index in [0.717, 1.165) is 43.5 Å². The van der Waals surface area contributed by atoms with Crippen molar-refractivity contribution in [1.82, 2.24) is 4.90 Å². The molecule has 4 heteroatoms. The van der Waals surface area contributed by atoms with E-state index in [2.05, 4.69) is 6.92 Å². The smallest absolute Gasteiger partial charge is 0.257 e. The Morgan fingerprint density at radius 3 is 2.56 bits per heavy atom. The molecule has 0 aromatic carbocycles. The first kappa shape index (κ1) is 11.5. The Morgan fingerprint density at radius 1 is 1.44 bits per heavy atom. The molecule has 16 heavy (non-hydrogen) atoms. The van der Waals surface area contributed by atoms with Crippen LogP contribution in [-0.2, 0) is 6.42 Å². The Morgan fingerprint density at radius 2 is 2.06 bits per heavy atom. The van der Waals surface area contributed by atoms with Gasteiger partial charge in [0.15, 0.2) is 0 Å². The highest BCUT2D eigenvalue weighted by Crippen LogP contribution is 2.32. The summed E-state index contributed by atoms with van der Waals surface area (Å²) in [7, 11) is 0. The van der Waals surface area contributed by atoms with Crippen molar-refractivity contribution >= 4 is 22.2 Å². The summed E-state index contributed by atoms with van der Waals surface area (Å²) in [5.74, 6) is 0.128. The number of anilines is 1. The SMILES string of the molecule is CCc1sc(N)c(C(=O)N2CCCC2)c1C. The Bertz CT molecular complexity index is 405. The molecule has 88 valence electrons. The van der Waals surface area contributed by atoms with E-state index >= 15 is 0 Å². The number of carbonyl (C=O) groups excluding carboxylic acids is 1. The third-order valence-electron chi connectivity index (χ3n) is 3.20. The van der Waals surface area contributed by atoms with Gasteiger partial charge in [0.05, 0.1) is 10.6 Å². The molecule has 0 saturated carbocycles. The number of nitrogens with two attached hydrogens (primary N) is 1. The van der Waals surface area contributed by atoms with E-state index in [1.807, 2.05) is 11.8 Å². The Hall–Kier alpha value is -1.03. The normalized spacial score (nSPS) is 15.8. The summed E-state index contributed by atoms with van der Waals surface area (Å²) in [6.07, 6.45) is 3.19. The van der Waals surface area contributed by atoms with Crippen molar-refractivity contribution in [2.24, 2.45) is 0 Å². The van der Waals surface area contributed by atoms with Gasteiger partial charge in [0.1, 0.15) is 0 Å². The van der Waals surface area contributed by atoms with Gasteiger partial charge in [-0.2, -0.15) is 0 Å². The van der Waals surface area contributed by atoms with Gasteiger partial charge in [-0.25, -0.2) is 0 Å². The standard InChI is InChI=1S/C12H18N2OS/c1-3-9-8(2)10(11(13)16-9)12(15)14-6-4-5-7-14/h3-7,13H2,1-2H3. The zero-order chi connectivity index (χ0) is 11.7. The highest BCUT2D eigenvalue weighted by Gasteiger charge is 2.25. The largest absolute Gasteiger partial charge is 0.390 e. The highest BCUT2D eigenvalue weighted by atomic mass is 32.1. The molecule has 1 fully saturated rings. The van der Waals surface area contributed by atoms with Gasteiger partial charge in [0.2, 0.25) is 0 Å². The maximum absolute atomic E-state index is 12.3. The number of likely N-dealkylation sites (tertiary alicyclic amines) is 1. The molecule has 1 amide bonds. The Kier molecular flexibility index (Phi) is 3.19. The van der Waals surface area contributed by atoms with Crippen molar-refractivity contribution < 1.29 is 4.79 Å². The quantitative estimate of drug-likeness (QED) is 0.860. The van der Waals surface area contributed by atoms with Gasteiger partial charge in [-0.05, 0) is 31.7 Å². The van der Waals surface area contributed by atoms with Crippen LogP contribution in [0.15, 0.2) is 0 Å². The van der Waals surface area contributed by atoms with Crippen molar-refractivity contribution in [3.05, 3.63) is 16.0 Å². The first-order valence-electron chi connectivity index (χ1n) is 5.82. The maximum atomic E-state index is 12.3. The molecule has 0 radical (unpaired) electrons. The first-order chi connectivity index (χ1) is 7.65. The average Bonchev–Trinajstić information content (AvgIpc) is 2.86. The predicted molar refractivity (Wildman–Crippen MR) is 68.0 cm³/mol. The highest BCUT2D eigenvalue weighted by molar-refractivity contribution is 7.16. The van der Waals surface area contributed by atoms with Gasteiger partial charge in [-0.1, -0.05) is 6.92 Å². The van der Waals surface area contributed by atoms with Crippen LogP contribution in [0.1, 0.15) is 40.6 Å². The molecule has 2 heterocycles. The van der Waals surface area contributed by atoms with Gasteiger partial charge in [-0.3, -0.25) is 4.79 Å². The minimum atomic E-state index is 0.128.